The number of nitrogens with one attached hydrogen (secondary N) is 2. The lowest BCUT2D eigenvalue weighted by Gasteiger charge is -2.28. The highest BCUT2D eigenvalue weighted by Crippen LogP contribution is 2.05. The van der Waals surface area contributed by atoms with Crippen molar-refractivity contribution < 1.29 is 14.3 Å². The first-order valence-electron chi connectivity index (χ1n) is 7.92. The molecule has 0 aromatic carbocycles. The first kappa shape index (κ1) is 19.2. The van der Waals surface area contributed by atoms with Crippen molar-refractivity contribution in [3.8, 4) is 0 Å². The van der Waals surface area contributed by atoms with Gasteiger partial charge < -0.3 is 15.0 Å². The quantitative estimate of drug-likeness (QED) is 0.661. The molecule has 0 aliphatic carbocycles. The number of aromatic nitrogens is 2. The molecule has 1 rings (SSSR count). The van der Waals surface area contributed by atoms with Gasteiger partial charge in [-0.05, 0) is 19.8 Å². The molecule has 1 aromatic rings. The van der Waals surface area contributed by atoms with Crippen LogP contribution in [0.15, 0.2) is 12.5 Å². The number of aromatic amines is 1. The third-order valence-electron chi connectivity index (χ3n) is 3.48. The zero-order valence-corrected chi connectivity index (χ0v) is 14.6. The molecule has 1 atom stereocenters. The predicted octanol–water partition coefficient (Wildman–Crippen LogP) is 0.976. The lowest BCUT2D eigenvalue weighted by atomic mass is 10.1. The van der Waals surface area contributed by atoms with E-state index < -0.39 is 12.0 Å². The van der Waals surface area contributed by atoms with Crippen molar-refractivity contribution in [1.82, 2.24) is 20.2 Å². The van der Waals surface area contributed by atoms with Crippen molar-refractivity contribution in [3.05, 3.63) is 18.2 Å². The maximum atomic E-state index is 12.3. The van der Waals surface area contributed by atoms with Crippen molar-refractivity contribution in [1.29, 1.82) is 0 Å². The van der Waals surface area contributed by atoms with Gasteiger partial charge in [0.25, 0.3) is 0 Å². The lowest BCUT2D eigenvalue weighted by Crippen LogP contribution is -2.49. The fourth-order valence-corrected chi connectivity index (χ4v) is 2.30. The van der Waals surface area contributed by atoms with Crippen molar-refractivity contribution in [3.63, 3.8) is 0 Å². The van der Waals surface area contributed by atoms with Gasteiger partial charge in [0, 0.05) is 30.9 Å². The van der Waals surface area contributed by atoms with Crippen LogP contribution in [0.1, 0.15) is 33.4 Å². The molecule has 0 radical (unpaired) electrons. The molecule has 1 heterocycles. The largest absolute Gasteiger partial charge is 0.467 e. The number of nitrogens with zero attached hydrogens (tertiary/aromatic N) is 2. The molecule has 1 amide bonds. The topological polar surface area (TPSA) is 87.3 Å². The Labute approximate surface area is 137 Å². The molecule has 2 N–H and O–H groups in total. The lowest BCUT2D eigenvalue weighted by molar-refractivity contribution is -0.145. The van der Waals surface area contributed by atoms with Gasteiger partial charge in [-0.2, -0.15) is 0 Å². The zero-order chi connectivity index (χ0) is 17.4. The van der Waals surface area contributed by atoms with Crippen LogP contribution in [0.4, 0.5) is 0 Å². The van der Waals surface area contributed by atoms with Gasteiger partial charge in [-0.15, -0.1) is 0 Å². The zero-order valence-electron chi connectivity index (χ0n) is 14.6. The van der Waals surface area contributed by atoms with E-state index in [0.717, 1.165) is 12.2 Å². The first-order chi connectivity index (χ1) is 10.8. The van der Waals surface area contributed by atoms with Gasteiger partial charge >= 0.3 is 5.97 Å². The molecule has 0 bridgehead atoms. The second kappa shape index (κ2) is 9.29. The van der Waals surface area contributed by atoms with E-state index in [2.05, 4.69) is 47.9 Å². The van der Waals surface area contributed by atoms with Crippen molar-refractivity contribution in [2.24, 2.45) is 5.92 Å². The van der Waals surface area contributed by atoms with E-state index >= 15 is 0 Å². The standard InChI is InChI=1S/C16H28N4O3/c1-11(2)8-20(12(3)4)9-15(21)19-14(16(22)23-5)6-13-7-17-10-18-13/h7,10-12,14H,6,8-9H2,1-5H3,(H,17,18)(H,19,21). The van der Waals surface area contributed by atoms with E-state index in [-0.39, 0.29) is 18.5 Å². The maximum absolute atomic E-state index is 12.3. The maximum Gasteiger partial charge on any atom is 0.328 e. The number of H-pyrrole nitrogens is 1. The monoisotopic (exact) mass is 324 g/mol. The number of methoxy groups -OCH3 is 1. The molecule has 0 fully saturated rings. The molecule has 0 aliphatic rings. The average Bonchev–Trinajstić information content (AvgIpc) is 2.97. The van der Waals surface area contributed by atoms with Crippen molar-refractivity contribution in [2.75, 3.05) is 20.2 Å². The first-order valence-corrected chi connectivity index (χ1v) is 7.92. The van der Waals surface area contributed by atoms with Crippen LogP contribution < -0.4 is 5.32 Å². The summed E-state index contributed by atoms with van der Waals surface area (Å²) < 4.78 is 4.78. The number of ether oxygens (including phenoxy) is 1. The summed E-state index contributed by atoms with van der Waals surface area (Å²) in [6, 6.07) is -0.464. The van der Waals surface area contributed by atoms with Crippen LogP contribution in [0, 0.1) is 5.92 Å². The number of esters is 1. The molecule has 0 saturated carbocycles. The van der Waals surface area contributed by atoms with Gasteiger partial charge in [0.1, 0.15) is 6.04 Å². The Kier molecular flexibility index (Phi) is 7.74. The third-order valence-corrected chi connectivity index (χ3v) is 3.48. The number of imidazole rings is 1. The van der Waals surface area contributed by atoms with Crippen LogP contribution >= 0.6 is 0 Å². The smallest absolute Gasteiger partial charge is 0.328 e. The van der Waals surface area contributed by atoms with Gasteiger partial charge in [0.05, 0.1) is 20.0 Å². The van der Waals surface area contributed by atoms with Crippen molar-refractivity contribution in [2.45, 2.75) is 46.2 Å². The fraction of sp³-hybridized carbons (Fsp3) is 0.688. The molecular weight excluding hydrogens is 296 g/mol. The highest BCUT2D eigenvalue weighted by atomic mass is 16.5. The highest BCUT2D eigenvalue weighted by Gasteiger charge is 2.24. The Balaban J connectivity index is 2.66. The van der Waals surface area contributed by atoms with Crippen LogP contribution in [0.25, 0.3) is 0 Å². The van der Waals surface area contributed by atoms with Crippen molar-refractivity contribution >= 4 is 11.9 Å². The fourth-order valence-electron chi connectivity index (χ4n) is 2.30. The molecule has 7 heteroatoms. The summed E-state index contributed by atoms with van der Waals surface area (Å²) in [6.45, 7) is 9.42. The number of hydrogen-bond donors (Lipinski definition) is 2. The third kappa shape index (κ3) is 6.81. The van der Waals surface area contributed by atoms with Crippen LogP contribution in [-0.2, 0) is 20.7 Å². The predicted molar refractivity (Wildman–Crippen MR) is 87.8 cm³/mol. The summed E-state index contributed by atoms with van der Waals surface area (Å²) in [4.78, 5) is 33.1. The minimum atomic E-state index is -0.721. The Morgan fingerprint density at radius 2 is 2.04 bits per heavy atom. The summed E-state index contributed by atoms with van der Waals surface area (Å²) in [5, 5.41) is 2.76. The number of rotatable bonds is 9. The van der Waals surface area contributed by atoms with Crippen LogP contribution in [-0.4, -0.2) is 59.0 Å². The summed E-state index contributed by atoms with van der Waals surface area (Å²) in [5.41, 5.74) is 0.767. The van der Waals surface area contributed by atoms with Crippen LogP contribution in [0.5, 0.6) is 0 Å². The molecule has 1 aromatic heterocycles. The summed E-state index contributed by atoms with van der Waals surface area (Å²) in [5.74, 6) is -0.186. The van der Waals surface area contributed by atoms with Gasteiger partial charge in [0.15, 0.2) is 0 Å². The molecule has 130 valence electrons. The van der Waals surface area contributed by atoms with Crippen LogP contribution in [0.3, 0.4) is 0 Å². The number of carbonyl (C=O) groups excluding carboxylic acids is 2. The van der Waals surface area contributed by atoms with E-state index in [4.69, 9.17) is 4.74 Å². The summed E-state index contributed by atoms with van der Waals surface area (Å²) >= 11 is 0. The molecule has 0 saturated heterocycles. The second-order valence-electron chi connectivity index (χ2n) is 6.34. The summed E-state index contributed by atoms with van der Waals surface area (Å²) in [7, 11) is 1.31. The molecule has 7 nitrogen and oxygen atoms in total. The minimum absolute atomic E-state index is 0.186. The van der Waals surface area contributed by atoms with E-state index in [0.29, 0.717) is 12.3 Å². The minimum Gasteiger partial charge on any atom is -0.467 e. The Bertz CT molecular complexity index is 486. The molecule has 23 heavy (non-hydrogen) atoms. The molecule has 0 spiro atoms. The van der Waals surface area contributed by atoms with E-state index in [9.17, 15) is 9.59 Å². The number of amides is 1. The Hall–Kier alpha value is -1.89. The van der Waals surface area contributed by atoms with E-state index in [1.54, 1.807) is 6.20 Å². The van der Waals surface area contributed by atoms with Gasteiger partial charge in [-0.3, -0.25) is 9.69 Å². The van der Waals surface area contributed by atoms with Gasteiger partial charge in [0.2, 0.25) is 5.91 Å². The molecular formula is C16H28N4O3. The van der Waals surface area contributed by atoms with E-state index in [1.807, 2.05) is 0 Å². The SMILES string of the molecule is COC(=O)C(Cc1cnc[nH]1)NC(=O)CN(CC(C)C)C(C)C. The van der Waals surface area contributed by atoms with Gasteiger partial charge in [-0.25, -0.2) is 9.78 Å². The highest BCUT2D eigenvalue weighted by molar-refractivity contribution is 5.85. The normalized spacial score (nSPS) is 12.7. The summed E-state index contributed by atoms with van der Waals surface area (Å²) in [6.07, 6.45) is 3.49. The number of carbonyl (C=O) groups is 2. The number of hydrogen-bond acceptors (Lipinski definition) is 5. The van der Waals surface area contributed by atoms with Crippen LogP contribution in [0.2, 0.25) is 0 Å². The Morgan fingerprint density at radius 1 is 1.35 bits per heavy atom. The van der Waals surface area contributed by atoms with Gasteiger partial charge in [-0.1, -0.05) is 13.8 Å². The molecule has 0 aliphatic heterocycles. The molecule has 1 unspecified atom stereocenters. The van der Waals surface area contributed by atoms with E-state index in [1.165, 1.54) is 13.4 Å². The Morgan fingerprint density at radius 3 is 2.52 bits per heavy atom. The second-order valence-corrected chi connectivity index (χ2v) is 6.34. The average molecular weight is 324 g/mol.